The topological polar surface area (TPSA) is 63.4 Å². The van der Waals surface area contributed by atoms with E-state index in [1.165, 1.54) is 7.11 Å². The first-order chi connectivity index (χ1) is 9.13. The molecule has 1 aromatic heterocycles. The van der Waals surface area contributed by atoms with Crippen LogP contribution in [0.15, 0.2) is 12.1 Å². The van der Waals surface area contributed by atoms with Crippen LogP contribution in [0.3, 0.4) is 0 Å². The third kappa shape index (κ3) is 3.81. The number of ether oxygens (including phenoxy) is 2. The van der Waals surface area contributed by atoms with Crippen molar-refractivity contribution in [1.29, 1.82) is 0 Å². The van der Waals surface area contributed by atoms with Gasteiger partial charge < -0.3 is 19.8 Å². The number of hydrogen-bond donors (Lipinski definition) is 2. The average molecular weight is 266 g/mol. The number of aromatic nitrogens is 1. The smallest absolute Gasteiger partial charge is 0.354 e. The highest BCUT2D eigenvalue weighted by Crippen LogP contribution is 2.28. The summed E-state index contributed by atoms with van der Waals surface area (Å²) in [5.41, 5.74) is 1.81. The summed E-state index contributed by atoms with van der Waals surface area (Å²) in [7, 11) is 1.38. The molecule has 1 saturated heterocycles. The molecule has 1 aliphatic heterocycles. The first-order valence-electron chi connectivity index (χ1n) is 6.68. The lowest BCUT2D eigenvalue weighted by Crippen LogP contribution is -2.36. The lowest BCUT2D eigenvalue weighted by Gasteiger charge is -2.33. The van der Waals surface area contributed by atoms with Crippen LogP contribution < -0.4 is 5.32 Å². The average Bonchev–Trinajstić information content (AvgIpc) is 2.87. The fourth-order valence-corrected chi connectivity index (χ4v) is 2.31. The molecule has 0 bridgehead atoms. The van der Waals surface area contributed by atoms with Crippen LogP contribution >= 0.6 is 0 Å². The number of rotatable bonds is 5. The Kier molecular flexibility index (Phi) is 4.61. The molecule has 5 heteroatoms. The molecule has 2 N–H and O–H groups in total. The second-order valence-corrected chi connectivity index (χ2v) is 5.42. The van der Waals surface area contributed by atoms with Crippen molar-refractivity contribution < 1.29 is 14.3 Å². The first-order valence-corrected chi connectivity index (χ1v) is 6.68. The molecule has 19 heavy (non-hydrogen) atoms. The monoisotopic (exact) mass is 266 g/mol. The fraction of sp³-hybridized carbons (Fsp3) is 0.643. The van der Waals surface area contributed by atoms with Crippen LogP contribution in [-0.4, -0.2) is 37.8 Å². The van der Waals surface area contributed by atoms with Crippen molar-refractivity contribution >= 4 is 5.97 Å². The zero-order chi connectivity index (χ0) is 13.7. The zero-order valence-corrected chi connectivity index (χ0v) is 11.6. The maximum atomic E-state index is 11.3. The van der Waals surface area contributed by atoms with Gasteiger partial charge in [0.1, 0.15) is 5.69 Å². The maximum Gasteiger partial charge on any atom is 0.354 e. The van der Waals surface area contributed by atoms with E-state index >= 15 is 0 Å². The molecule has 0 spiro atoms. The van der Waals surface area contributed by atoms with Gasteiger partial charge in [-0.25, -0.2) is 4.79 Å². The molecule has 0 radical (unpaired) electrons. The summed E-state index contributed by atoms with van der Waals surface area (Å²) in [6, 6.07) is 3.66. The Labute approximate surface area is 113 Å². The quantitative estimate of drug-likeness (QED) is 0.796. The molecular formula is C14H22N2O3. The summed E-state index contributed by atoms with van der Waals surface area (Å²) in [4.78, 5) is 14.4. The highest BCUT2D eigenvalue weighted by molar-refractivity contribution is 5.87. The summed E-state index contributed by atoms with van der Waals surface area (Å²) >= 11 is 0. The Balaban J connectivity index is 1.79. The molecule has 0 atom stereocenters. The molecule has 0 aliphatic carbocycles. The van der Waals surface area contributed by atoms with Gasteiger partial charge in [-0.05, 0) is 30.4 Å². The van der Waals surface area contributed by atoms with Crippen LogP contribution in [0.1, 0.15) is 35.9 Å². The molecule has 5 nitrogen and oxygen atoms in total. The number of esters is 1. The second kappa shape index (κ2) is 6.21. The Morgan fingerprint density at radius 1 is 1.47 bits per heavy atom. The fourth-order valence-electron chi connectivity index (χ4n) is 2.31. The van der Waals surface area contributed by atoms with Crippen LogP contribution in [0.25, 0.3) is 0 Å². The van der Waals surface area contributed by atoms with Crippen molar-refractivity contribution in [2.24, 2.45) is 5.41 Å². The largest absolute Gasteiger partial charge is 0.464 e. The minimum atomic E-state index is -0.331. The van der Waals surface area contributed by atoms with Gasteiger partial charge in [-0.1, -0.05) is 6.92 Å². The van der Waals surface area contributed by atoms with Gasteiger partial charge in [-0.2, -0.15) is 0 Å². The van der Waals surface area contributed by atoms with Crippen LogP contribution in [0.2, 0.25) is 0 Å². The van der Waals surface area contributed by atoms with Crippen molar-refractivity contribution in [2.45, 2.75) is 26.3 Å². The minimum Gasteiger partial charge on any atom is -0.464 e. The van der Waals surface area contributed by atoms with Crippen molar-refractivity contribution in [3.05, 3.63) is 23.5 Å². The van der Waals surface area contributed by atoms with Gasteiger partial charge in [0.05, 0.1) is 7.11 Å². The molecule has 0 unspecified atom stereocenters. The highest BCUT2D eigenvalue weighted by atomic mass is 16.5. The molecular weight excluding hydrogens is 244 g/mol. The lowest BCUT2D eigenvalue weighted by molar-refractivity contribution is 0.0239. The summed E-state index contributed by atoms with van der Waals surface area (Å²) in [6.07, 6.45) is 2.19. The van der Waals surface area contributed by atoms with E-state index < -0.39 is 0 Å². The summed E-state index contributed by atoms with van der Waals surface area (Å²) in [5.74, 6) is -0.331. The first kappa shape index (κ1) is 14.1. The Hall–Kier alpha value is -1.33. The zero-order valence-electron chi connectivity index (χ0n) is 11.6. The van der Waals surface area contributed by atoms with E-state index in [0.29, 0.717) is 11.1 Å². The van der Waals surface area contributed by atoms with Crippen molar-refractivity contribution in [3.8, 4) is 0 Å². The number of nitrogens with one attached hydrogen (secondary N) is 2. The van der Waals surface area contributed by atoms with Gasteiger partial charge in [-0.15, -0.1) is 0 Å². The third-order valence-electron chi connectivity index (χ3n) is 3.72. The molecule has 2 rings (SSSR count). The van der Waals surface area contributed by atoms with E-state index in [-0.39, 0.29) is 5.97 Å². The third-order valence-corrected chi connectivity index (χ3v) is 3.72. The van der Waals surface area contributed by atoms with Gasteiger partial charge >= 0.3 is 5.97 Å². The van der Waals surface area contributed by atoms with E-state index in [4.69, 9.17) is 4.74 Å². The van der Waals surface area contributed by atoms with Crippen molar-refractivity contribution in [1.82, 2.24) is 10.3 Å². The van der Waals surface area contributed by atoms with Crippen molar-refractivity contribution in [3.63, 3.8) is 0 Å². The van der Waals surface area contributed by atoms with E-state index in [2.05, 4.69) is 22.0 Å². The van der Waals surface area contributed by atoms with E-state index in [1.807, 2.05) is 6.07 Å². The van der Waals surface area contributed by atoms with Crippen LogP contribution in [0, 0.1) is 5.41 Å². The normalized spacial score (nSPS) is 18.2. The number of methoxy groups -OCH3 is 1. The van der Waals surface area contributed by atoms with Crippen LogP contribution in [0.5, 0.6) is 0 Å². The van der Waals surface area contributed by atoms with E-state index in [9.17, 15) is 4.79 Å². The Morgan fingerprint density at radius 2 is 2.21 bits per heavy atom. The molecule has 106 valence electrons. The summed E-state index contributed by atoms with van der Waals surface area (Å²) < 4.78 is 10.0. The summed E-state index contributed by atoms with van der Waals surface area (Å²) in [5, 5.41) is 3.44. The molecule has 2 heterocycles. The van der Waals surface area contributed by atoms with Crippen LogP contribution in [0.4, 0.5) is 0 Å². The Bertz CT molecular complexity index is 422. The SMILES string of the molecule is COC(=O)c1ccc(CNCC2(C)CCOCC2)[nH]1. The van der Waals surface area contributed by atoms with Gasteiger partial charge in [-0.3, -0.25) is 0 Å². The molecule has 0 aromatic carbocycles. The Morgan fingerprint density at radius 3 is 2.89 bits per heavy atom. The molecule has 1 aromatic rings. The van der Waals surface area contributed by atoms with Gasteiger partial charge in [0.2, 0.25) is 0 Å². The van der Waals surface area contributed by atoms with E-state index in [1.54, 1.807) is 6.07 Å². The lowest BCUT2D eigenvalue weighted by atomic mass is 9.82. The molecule has 1 aliphatic rings. The number of carbonyl (C=O) groups excluding carboxylic acids is 1. The van der Waals surface area contributed by atoms with E-state index in [0.717, 1.165) is 44.8 Å². The standard InChI is InChI=1S/C14H22N2O3/c1-14(5-7-19-8-6-14)10-15-9-11-3-4-12(16-11)13(17)18-2/h3-4,15-16H,5-10H2,1-2H3. The number of H-pyrrole nitrogens is 1. The van der Waals surface area contributed by atoms with Gasteiger partial charge in [0, 0.05) is 32.0 Å². The maximum absolute atomic E-state index is 11.3. The van der Waals surface area contributed by atoms with Gasteiger partial charge in [0.15, 0.2) is 0 Å². The molecule has 0 saturated carbocycles. The van der Waals surface area contributed by atoms with Gasteiger partial charge in [0.25, 0.3) is 0 Å². The van der Waals surface area contributed by atoms with Crippen molar-refractivity contribution in [2.75, 3.05) is 26.9 Å². The number of carbonyl (C=O) groups is 1. The molecule has 0 amide bonds. The predicted octanol–water partition coefficient (Wildman–Crippen LogP) is 1.71. The number of hydrogen-bond acceptors (Lipinski definition) is 4. The molecule has 1 fully saturated rings. The highest BCUT2D eigenvalue weighted by Gasteiger charge is 2.26. The second-order valence-electron chi connectivity index (χ2n) is 5.42. The minimum absolute atomic E-state index is 0.315. The van der Waals surface area contributed by atoms with Crippen LogP contribution in [-0.2, 0) is 16.0 Å². The predicted molar refractivity (Wildman–Crippen MR) is 72.0 cm³/mol. The number of aromatic amines is 1. The summed E-state index contributed by atoms with van der Waals surface area (Å²) in [6.45, 7) is 5.69.